The summed E-state index contributed by atoms with van der Waals surface area (Å²) in [4.78, 5) is 30.3. The molecule has 1 heterocycles. The second-order valence-corrected chi connectivity index (χ2v) is 5.47. The van der Waals surface area contributed by atoms with Gasteiger partial charge in [-0.15, -0.1) is 0 Å². The number of rotatable bonds is 6. The van der Waals surface area contributed by atoms with Gasteiger partial charge in [0.2, 0.25) is 0 Å². The monoisotopic (exact) mass is 337 g/mol. The molecule has 0 spiro atoms. The van der Waals surface area contributed by atoms with Crippen LogP contribution in [-0.4, -0.2) is 29.5 Å². The van der Waals surface area contributed by atoms with E-state index in [2.05, 4.69) is 4.98 Å². The van der Waals surface area contributed by atoms with E-state index in [-0.39, 0.29) is 24.4 Å². The van der Waals surface area contributed by atoms with Gasteiger partial charge in [0.25, 0.3) is 5.91 Å². The van der Waals surface area contributed by atoms with E-state index in [0.29, 0.717) is 5.69 Å². The Bertz CT molecular complexity index is 767. The Morgan fingerprint density at radius 2 is 1.96 bits per heavy atom. The number of benzene rings is 1. The van der Waals surface area contributed by atoms with Crippen LogP contribution in [0.25, 0.3) is 0 Å². The number of nitriles is 1. The first kappa shape index (κ1) is 18.1. The second kappa shape index (κ2) is 8.60. The molecule has 0 radical (unpaired) electrons. The fourth-order valence-corrected chi connectivity index (χ4v) is 2.22. The smallest absolute Gasteiger partial charge is 0.340 e. The van der Waals surface area contributed by atoms with E-state index in [1.807, 2.05) is 19.1 Å². The van der Waals surface area contributed by atoms with Crippen molar-refractivity contribution in [2.24, 2.45) is 0 Å². The fourth-order valence-electron chi connectivity index (χ4n) is 2.22. The maximum absolute atomic E-state index is 12.7. The van der Waals surface area contributed by atoms with Gasteiger partial charge in [-0.1, -0.05) is 18.2 Å². The van der Waals surface area contributed by atoms with Crippen molar-refractivity contribution in [2.75, 3.05) is 11.4 Å². The summed E-state index contributed by atoms with van der Waals surface area (Å²) < 4.78 is 5.27. The lowest BCUT2D eigenvalue weighted by Gasteiger charge is -2.25. The molecule has 6 heteroatoms. The van der Waals surface area contributed by atoms with Gasteiger partial charge >= 0.3 is 5.97 Å². The number of anilines is 1. The molecule has 0 aliphatic rings. The third kappa shape index (κ3) is 4.88. The molecule has 1 aromatic heterocycles. The molecule has 1 amide bonds. The number of carbonyl (C=O) groups excluding carboxylic acids is 2. The van der Waals surface area contributed by atoms with Gasteiger partial charge in [0.1, 0.15) is 0 Å². The number of esters is 1. The maximum Gasteiger partial charge on any atom is 0.340 e. The Balaban J connectivity index is 2.11. The van der Waals surface area contributed by atoms with Crippen molar-refractivity contribution in [3.05, 3.63) is 59.9 Å². The lowest BCUT2D eigenvalue weighted by Crippen LogP contribution is -2.40. The predicted octanol–water partition coefficient (Wildman–Crippen LogP) is 2.88. The zero-order valence-corrected chi connectivity index (χ0v) is 14.2. The summed E-state index contributed by atoms with van der Waals surface area (Å²) in [5.41, 5.74) is 1.73. The highest BCUT2D eigenvalue weighted by Crippen LogP contribution is 2.16. The Kier molecular flexibility index (Phi) is 6.24. The summed E-state index contributed by atoms with van der Waals surface area (Å²) in [6, 6.07) is 14.3. The summed E-state index contributed by atoms with van der Waals surface area (Å²) in [6.45, 7) is 3.56. The lowest BCUT2D eigenvalue weighted by atomic mass is 10.2. The van der Waals surface area contributed by atoms with Crippen molar-refractivity contribution in [3.63, 3.8) is 0 Å². The molecule has 0 saturated heterocycles. The minimum Gasteiger partial charge on any atom is -0.449 e. The minimum atomic E-state index is -0.979. The van der Waals surface area contributed by atoms with Crippen LogP contribution in [0.15, 0.2) is 48.7 Å². The number of ether oxygens (including phenoxy) is 1. The summed E-state index contributed by atoms with van der Waals surface area (Å²) in [6.07, 6.45) is 0.621. The topological polar surface area (TPSA) is 83.3 Å². The Hall–Kier alpha value is -3.20. The fraction of sp³-hybridized carbons (Fsp3) is 0.263. The molecule has 0 N–H and O–H groups in total. The van der Waals surface area contributed by atoms with Crippen molar-refractivity contribution in [1.82, 2.24) is 4.98 Å². The first-order chi connectivity index (χ1) is 12.0. The highest BCUT2D eigenvalue weighted by atomic mass is 16.5. The number of amides is 1. The molecule has 0 bridgehead atoms. The van der Waals surface area contributed by atoms with Crippen LogP contribution in [-0.2, 0) is 9.53 Å². The third-order valence-corrected chi connectivity index (χ3v) is 3.56. The average molecular weight is 337 g/mol. The standard InChI is InChI=1S/C19H19N3O3/c1-14-9-10-16(13-21-14)19(24)25-15(2)18(23)22(12-6-11-20)17-7-4-3-5-8-17/h3-5,7-10,13,15H,6,12H2,1-2H3. The van der Waals surface area contributed by atoms with E-state index >= 15 is 0 Å². The first-order valence-corrected chi connectivity index (χ1v) is 7.90. The second-order valence-electron chi connectivity index (χ2n) is 5.47. The minimum absolute atomic E-state index is 0.184. The van der Waals surface area contributed by atoms with Crippen molar-refractivity contribution < 1.29 is 14.3 Å². The van der Waals surface area contributed by atoms with Gasteiger partial charge in [-0.3, -0.25) is 9.78 Å². The number of aryl methyl sites for hydroxylation is 1. The van der Waals surface area contributed by atoms with Crippen molar-refractivity contribution in [3.8, 4) is 6.07 Å². The maximum atomic E-state index is 12.7. The van der Waals surface area contributed by atoms with Gasteiger partial charge in [-0.2, -0.15) is 5.26 Å². The van der Waals surface area contributed by atoms with Crippen LogP contribution in [0.1, 0.15) is 29.4 Å². The molecule has 6 nitrogen and oxygen atoms in total. The quantitative estimate of drug-likeness (QED) is 0.757. The predicted molar refractivity (Wildman–Crippen MR) is 92.9 cm³/mol. The molecule has 0 saturated carbocycles. The summed E-state index contributed by atoms with van der Waals surface area (Å²) >= 11 is 0. The molecule has 1 aromatic carbocycles. The molecule has 2 aromatic rings. The summed E-state index contributed by atoms with van der Waals surface area (Å²) in [7, 11) is 0. The molecule has 1 atom stereocenters. The van der Waals surface area contributed by atoms with Crippen molar-refractivity contribution in [1.29, 1.82) is 5.26 Å². The normalized spacial score (nSPS) is 11.2. The van der Waals surface area contributed by atoms with Gasteiger partial charge in [-0.05, 0) is 38.1 Å². The largest absolute Gasteiger partial charge is 0.449 e. The zero-order chi connectivity index (χ0) is 18.2. The average Bonchev–Trinajstić information content (AvgIpc) is 2.63. The molecule has 0 aliphatic heterocycles. The first-order valence-electron chi connectivity index (χ1n) is 7.90. The van der Waals surface area contributed by atoms with Gasteiger partial charge in [-0.25, -0.2) is 4.79 Å². The van der Waals surface area contributed by atoms with Crippen molar-refractivity contribution >= 4 is 17.6 Å². The van der Waals surface area contributed by atoms with Crippen LogP contribution in [0.3, 0.4) is 0 Å². The Labute approximate surface area is 146 Å². The van der Waals surface area contributed by atoms with Crippen LogP contribution in [0.5, 0.6) is 0 Å². The molecular formula is C19H19N3O3. The highest BCUT2D eigenvalue weighted by molar-refractivity contribution is 5.98. The number of para-hydroxylation sites is 1. The van der Waals surface area contributed by atoms with Gasteiger partial charge in [0.05, 0.1) is 18.1 Å². The van der Waals surface area contributed by atoms with Crippen LogP contribution in [0, 0.1) is 18.3 Å². The number of carbonyl (C=O) groups is 2. The van der Waals surface area contributed by atoms with E-state index in [1.165, 1.54) is 18.0 Å². The van der Waals surface area contributed by atoms with Gasteiger partial charge in [0.15, 0.2) is 6.10 Å². The number of pyridine rings is 1. The number of hydrogen-bond acceptors (Lipinski definition) is 5. The van der Waals surface area contributed by atoms with E-state index in [4.69, 9.17) is 10.00 Å². The van der Waals surface area contributed by atoms with Crippen LogP contribution < -0.4 is 4.90 Å². The SMILES string of the molecule is Cc1ccc(C(=O)OC(C)C(=O)N(CCC#N)c2ccccc2)cn1. The van der Waals surface area contributed by atoms with Crippen molar-refractivity contribution in [2.45, 2.75) is 26.4 Å². The Morgan fingerprint density at radius 1 is 1.24 bits per heavy atom. The van der Waals surface area contributed by atoms with Crippen LogP contribution in [0.4, 0.5) is 5.69 Å². The summed E-state index contributed by atoms with van der Waals surface area (Å²) in [5.74, 6) is -0.989. The van der Waals surface area contributed by atoms with Gasteiger partial charge < -0.3 is 9.64 Å². The molecule has 0 aliphatic carbocycles. The lowest BCUT2D eigenvalue weighted by molar-refractivity contribution is -0.126. The molecule has 0 fully saturated rings. The van der Waals surface area contributed by atoms with Crippen LogP contribution in [0.2, 0.25) is 0 Å². The van der Waals surface area contributed by atoms with Crippen LogP contribution >= 0.6 is 0 Å². The van der Waals surface area contributed by atoms with Gasteiger partial charge in [0, 0.05) is 24.1 Å². The Morgan fingerprint density at radius 3 is 2.56 bits per heavy atom. The number of aromatic nitrogens is 1. The zero-order valence-electron chi connectivity index (χ0n) is 14.2. The molecule has 25 heavy (non-hydrogen) atoms. The van der Waals surface area contributed by atoms with E-state index < -0.39 is 12.1 Å². The van der Waals surface area contributed by atoms with E-state index in [1.54, 1.807) is 36.4 Å². The number of nitrogens with zero attached hydrogens (tertiary/aromatic N) is 3. The molecule has 128 valence electrons. The summed E-state index contributed by atoms with van der Waals surface area (Å²) in [5, 5.41) is 8.82. The number of hydrogen-bond donors (Lipinski definition) is 0. The molecular weight excluding hydrogens is 318 g/mol. The third-order valence-electron chi connectivity index (χ3n) is 3.56. The molecule has 2 rings (SSSR count). The van der Waals surface area contributed by atoms with E-state index in [9.17, 15) is 9.59 Å². The van der Waals surface area contributed by atoms with E-state index in [0.717, 1.165) is 5.69 Å². The molecule has 1 unspecified atom stereocenters. The highest BCUT2D eigenvalue weighted by Gasteiger charge is 2.25.